The first-order chi connectivity index (χ1) is 13.6. The second kappa shape index (κ2) is 9.50. The van der Waals surface area contributed by atoms with Crippen LogP contribution in [0.15, 0.2) is 48.5 Å². The van der Waals surface area contributed by atoms with Crippen LogP contribution in [0.25, 0.3) is 11.0 Å². The minimum atomic E-state index is -0.630. The van der Waals surface area contributed by atoms with Gasteiger partial charge >= 0.3 is 0 Å². The van der Waals surface area contributed by atoms with Crippen molar-refractivity contribution >= 4 is 28.7 Å². The van der Waals surface area contributed by atoms with Crippen LogP contribution < -0.4 is 14.8 Å². The van der Waals surface area contributed by atoms with E-state index >= 15 is 0 Å². The van der Waals surface area contributed by atoms with E-state index in [0.717, 1.165) is 34.8 Å². The third kappa shape index (κ3) is 4.98. The molecule has 1 heterocycles. The highest BCUT2D eigenvalue weighted by Gasteiger charge is 2.22. The fraction of sp³-hybridized carbons (Fsp3) is 0.333. The highest BCUT2D eigenvalue weighted by Crippen LogP contribution is 2.21. The molecule has 1 aromatic heterocycles. The Morgan fingerprint density at radius 2 is 1.89 bits per heavy atom. The van der Waals surface area contributed by atoms with Crippen LogP contribution in [0.5, 0.6) is 11.5 Å². The predicted molar refractivity (Wildman–Crippen MR) is 113 cm³/mol. The van der Waals surface area contributed by atoms with Gasteiger partial charge in [-0.25, -0.2) is 4.98 Å². The molecular weight excluding hydrogens is 374 g/mol. The number of rotatable bonds is 9. The van der Waals surface area contributed by atoms with E-state index in [-0.39, 0.29) is 11.9 Å². The predicted octanol–water partition coefficient (Wildman–Crippen LogP) is 3.95. The molecule has 2 atom stereocenters. The molecule has 1 amide bonds. The molecule has 0 fully saturated rings. The Balaban J connectivity index is 1.69. The number of thioether (sulfide) groups is 1. The number of nitrogens with zero attached hydrogens (tertiary/aromatic N) is 1. The number of fused-ring (bicyclic) bond motifs is 1. The van der Waals surface area contributed by atoms with Gasteiger partial charge in [0.2, 0.25) is 0 Å². The average molecular weight is 400 g/mol. The monoisotopic (exact) mass is 399 g/mol. The molecule has 2 aromatic carbocycles. The Morgan fingerprint density at radius 1 is 1.18 bits per heavy atom. The lowest BCUT2D eigenvalue weighted by atomic mass is 10.2. The molecule has 7 heteroatoms. The zero-order valence-electron chi connectivity index (χ0n) is 16.3. The molecule has 148 valence electrons. The molecule has 28 heavy (non-hydrogen) atoms. The number of hydrogen-bond acceptors (Lipinski definition) is 5. The fourth-order valence-corrected chi connectivity index (χ4v) is 3.32. The van der Waals surface area contributed by atoms with Gasteiger partial charge in [0.15, 0.2) is 6.10 Å². The molecule has 0 aliphatic heterocycles. The number of nitrogens with one attached hydrogen (secondary N) is 2. The van der Waals surface area contributed by atoms with Crippen molar-refractivity contribution in [1.82, 2.24) is 15.3 Å². The molecular formula is C21H25N3O3S. The Morgan fingerprint density at radius 3 is 2.57 bits per heavy atom. The second-order valence-electron chi connectivity index (χ2n) is 6.42. The summed E-state index contributed by atoms with van der Waals surface area (Å²) in [6.45, 7) is 1.74. The maximum atomic E-state index is 12.7. The van der Waals surface area contributed by atoms with Gasteiger partial charge in [0, 0.05) is 0 Å². The van der Waals surface area contributed by atoms with Gasteiger partial charge in [-0.2, -0.15) is 11.8 Å². The normalized spacial score (nSPS) is 13.1. The Hall–Kier alpha value is -2.67. The van der Waals surface area contributed by atoms with E-state index in [9.17, 15) is 4.79 Å². The number of aromatic nitrogens is 2. The summed E-state index contributed by atoms with van der Waals surface area (Å²) in [6, 6.07) is 14.8. The average Bonchev–Trinajstić information content (AvgIpc) is 3.15. The van der Waals surface area contributed by atoms with Crippen molar-refractivity contribution in [3.05, 3.63) is 54.4 Å². The van der Waals surface area contributed by atoms with Crippen molar-refractivity contribution in [3.63, 3.8) is 0 Å². The van der Waals surface area contributed by atoms with E-state index in [1.165, 1.54) is 0 Å². The molecule has 0 saturated heterocycles. The number of carbonyl (C=O) groups excluding carboxylic acids is 1. The van der Waals surface area contributed by atoms with Gasteiger partial charge in [-0.15, -0.1) is 0 Å². The van der Waals surface area contributed by atoms with E-state index in [2.05, 4.69) is 15.3 Å². The third-order valence-corrected chi connectivity index (χ3v) is 5.05. The maximum Gasteiger partial charge on any atom is 0.261 e. The van der Waals surface area contributed by atoms with Crippen molar-refractivity contribution < 1.29 is 14.3 Å². The lowest BCUT2D eigenvalue weighted by molar-refractivity contribution is -0.128. The maximum absolute atomic E-state index is 12.7. The van der Waals surface area contributed by atoms with Crippen molar-refractivity contribution in [1.29, 1.82) is 0 Å². The molecule has 0 saturated carbocycles. The highest BCUT2D eigenvalue weighted by atomic mass is 32.2. The third-order valence-electron chi connectivity index (χ3n) is 4.41. The van der Waals surface area contributed by atoms with Crippen molar-refractivity contribution in [3.8, 4) is 11.5 Å². The zero-order valence-corrected chi connectivity index (χ0v) is 17.1. The number of hydrogen-bond donors (Lipinski definition) is 2. The van der Waals surface area contributed by atoms with Gasteiger partial charge in [0.1, 0.15) is 17.3 Å². The summed E-state index contributed by atoms with van der Waals surface area (Å²) in [4.78, 5) is 20.7. The second-order valence-corrected chi connectivity index (χ2v) is 7.40. The summed E-state index contributed by atoms with van der Waals surface area (Å²) >= 11 is 1.74. The molecule has 0 aliphatic carbocycles. The molecule has 0 spiro atoms. The van der Waals surface area contributed by atoms with Crippen molar-refractivity contribution in [2.75, 3.05) is 19.1 Å². The minimum absolute atomic E-state index is 0.178. The molecule has 2 N–H and O–H groups in total. The van der Waals surface area contributed by atoms with Gasteiger partial charge in [-0.05, 0) is 61.8 Å². The number of carbonyl (C=O) groups is 1. The Labute approximate surface area is 169 Å². The lowest BCUT2D eigenvalue weighted by Crippen LogP contribution is -2.39. The standard InChI is InChI=1S/C21H25N3O3S/c1-14(27-16-10-8-15(26-2)9-11-16)21(25)24-19(12-13-28-3)20-22-17-6-4-5-7-18(17)23-20/h4-11,14,19H,12-13H2,1-3H3,(H,22,23)(H,24,25)/t14-,19+/m0/s1. The van der Waals surface area contributed by atoms with E-state index in [1.807, 2.05) is 30.5 Å². The molecule has 0 bridgehead atoms. The Kier molecular flexibility index (Phi) is 6.81. The van der Waals surface area contributed by atoms with E-state index in [1.54, 1.807) is 50.1 Å². The van der Waals surface area contributed by atoms with Crippen LogP contribution in [-0.2, 0) is 4.79 Å². The van der Waals surface area contributed by atoms with Crippen LogP contribution in [0.4, 0.5) is 0 Å². The number of imidazole rings is 1. The lowest BCUT2D eigenvalue weighted by Gasteiger charge is -2.20. The van der Waals surface area contributed by atoms with Crippen LogP contribution in [0.2, 0.25) is 0 Å². The number of H-pyrrole nitrogens is 1. The molecule has 0 aliphatic rings. The largest absolute Gasteiger partial charge is 0.497 e. The quantitative estimate of drug-likeness (QED) is 0.570. The van der Waals surface area contributed by atoms with Gasteiger partial charge in [-0.1, -0.05) is 12.1 Å². The number of aromatic amines is 1. The molecule has 0 unspecified atom stereocenters. The van der Waals surface area contributed by atoms with Gasteiger partial charge in [0.05, 0.1) is 24.2 Å². The number of methoxy groups -OCH3 is 1. The van der Waals surface area contributed by atoms with Crippen LogP contribution in [0.1, 0.15) is 25.2 Å². The molecule has 6 nitrogen and oxygen atoms in total. The fourth-order valence-electron chi connectivity index (χ4n) is 2.85. The van der Waals surface area contributed by atoms with Gasteiger partial charge in [-0.3, -0.25) is 4.79 Å². The smallest absolute Gasteiger partial charge is 0.261 e. The van der Waals surface area contributed by atoms with Crippen molar-refractivity contribution in [2.45, 2.75) is 25.5 Å². The molecule has 3 rings (SSSR count). The van der Waals surface area contributed by atoms with E-state index in [0.29, 0.717) is 5.75 Å². The summed E-state index contributed by atoms with van der Waals surface area (Å²) in [5.74, 6) is 2.86. The summed E-state index contributed by atoms with van der Waals surface area (Å²) in [7, 11) is 1.61. The summed E-state index contributed by atoms with van der Waals surface area (Å²) < 4.78 is 10.9. The summed E-state index contributed by atoms with van der Waals surface area (Å²) in [6.07, 6.45) is 2.20. The van der Waals surface area contributed by atoms with Crippen LogP contribution in [0.3, 0.4) is 0 Å². The van der Waals surface area contributed by atoms with Crippen molar-refractivity contribution in [2.24, 2.45) is 0 Å². The molecule has 0 radical (unpaired) electrons. The van der Waals surface area contributed by atoms with E-state index in [4.69, 9.17) is 9.47 Å². The van der Waals surface area contributed by atoms with Crippen LogP contribution in [-0.4, -0.2) is 41.1 Å². The SMILES string of the molecule is COc1ccc(O[C@@H](C)C(=O)N[C@H](CCSC)c2nc3ccccc3[nH]2)cc1. The number of ether oxygens (including phenoxy) is 2. The topological polar surface area (TPSA) is 76.2 Å². The zero-order chi connectivity index (χ0) is 19.9. The Bertz CT molecular complexity index is 878. The number of amides is 1. The highest BCUT2D eigenvalue weighted by molar-refractivity contribution is 7.98. The van der Waals surface area contributed by atoms with E-state index < -0.39 is 6.10 Å². The van der Waals surface area contributed by atoms with Gasteiger partial charge < -0.3 is 19.8 Å². The van der Waals surface area contributed by atoms with Crippen LogP contribution in [0, 0.1) is 0 Å². The number of para-hydroxylation sites is 2. The number of benzene rings is 2. The minimum Gasteiger partial charge on any atom is -0.497 e. The molecule has 3 aromatic rings. The van der Waals surface area contributed by atoms with Crippen LogP contribution >= 0.6 is 11.8 Å². The van der Waals surface area contributed by atoms with Gasteiger partial charge in [0.25, 0.3) is 5.91 Å². The first-order valence-corrected chi connectivity index (χ1v) is 10.5. The first kappa shape index (κ1) is 20.1. The summed E-state index contributed by atoms with van der Waals surface area (Å²) in [5.41, 5.74) is 1.85. The first-order valence-electron chi connectivity index (χ1n) is 9.15. The summed E-state index contributed by atoms with van der Waals surface area (Å²) in [5, 5.41) is 3.08.